The van der Waals surface area contributed by atoms with Crippen molar-refractivity contribution < 1.29 is 14.6 Å². The number of nitro groups is 1. The number of carbonyl (C=O) groups excluding carboxylic acids is 1. The fourth-order valence-electron chi connectivity index (χ4n) is 3.67. The summed E-state index contributed by atoms with van der Waals surface area (Å²) in [5, 5.41) is 17.0. The van der Waals surface area contributed by atoms with Crippen LogP contribution >= 0.6 is 0 Å². The lowest BCUT2D eigenvalue weighted by Gasteiger charge is -2.08. The third-order valence-electron chi connectivity index (χ3n) is 4.96. The predicted molar refractivity (Wildman–Crippen MR) is 116 cm³/mol. The lowest BCUT2D eigenvalue weighted by Crippen LogP contribution is -2.06. The van der Waals surface area contributed by atoms with Crippen LogP contribution in [-0.4, -0.2) is 21.2 Å². The summed E-state index contributed by atoms with van der Waals surface area (Å²) in [4.78, 5) is 27.2. The van der Waals surface area contributed by atoms with Gasteiger partial charge in [-0.2, -0.15) is 0 Å². The van der Waals surface area contributed by atoms with Crippen molar-refractivity contribution in [1.29, 1.82) is 0 Å². The standard InChI is InChI=1S/C23H19N3O4/c1-3-25-21-11-9-17(23(24-30-15(2)27)16-7-5-4-6-8-16)13-19(21)20-14-18(26(28)29)10-12-22(20)25/h4-14H,3H2,1-2H3/b24-23-. The summed E-state index contributed by atoms with van der Waals surface area (Å²) in [7, 11) is 0. The Labute approximate surface area is 172 Å². The van der Waals surface area contributed by atoms with Crippen LogP contribution in [0.15, 0.2) is 71.9 Å². The van der Waals surface area contributed by atoms with Crippen molar-refractivity contribution in [1.82, 2.24) is 4.57 Å². The van der Waals surface area contributed by atoms with E-state index in [0.717, 1.165) is 39.5 Å². The van der Waals surface area contributed by atoms with Gasteiger partial charge in [0.05, 0.1) is 4.92 Å². The Kier molecular flexibility index (Phi) is 5.02. The highest BCUT2D eigenvalue weighted by molar-refractivity contribution is 6.17. The number of aromatic nitrogens is 1. The van der Waals surface area contributed by atoms with Crippen molar-refractivity contribution in [2.75, 3.05) is 0 Å². The fraction of sp³-hybridized carbons (Fsp3) is 0.130. The van der Waals surface area contributed by atoms with Crippen LogP contribution in [0.25, 0.3) is 21.8 Å². The average molecular weight is 401 g/mol. The Bertz CT molecular complexity index is 1310. The largest absolute Gasteiger partial charge is 0.341 e. The summed E-state index contributed by atoms with van der Waals surface area (Å²) in [6.45, 7) is 4.05. The molecule has 7 nitrogen and oxygen atoms in total. The molecular weight excluding hydrogens is 382 g/mol. The van der Waals surface area contributed by atoms with Gasteiger partial charge in [0, 0.05) is 58.5 Å². The molecule has 0 aliphatic heterocycles. The summed E-state index contributed by atoms with van der Waals surface area (Å²) in [5.74, 6) is -0.511. The zero-order valence-corrected chi connectivity index (χ0v) is 16.5. The van der Waals surface area contributed by atoms with Crippen LogP contribution < -0.4 is 0 Å². The molecular formula is C23H19N3O4. The maximum atomic E-state index is 11.3. The van der Waals surface area contributed by atoms with E-state index in [2.05, 4.69) is 9.72 Å². The smallest absolute Gasteiger partial charge is 0.332 e. The molecule has 0 saturated carbocycles. The molecule has 0 radical (unpaired) electrons. The third kappa shape index (κ3) is 3.41. The Morgan fingerprint density at radius 3 is 2.30 bits per heavy atom. The van der Waals surface area contributed by atoms with Gasteiger partial charge < -0.3 is 9.40 Å². The molecule has 7 heteroatoms. The maximum Gasteiger partial charge on any atom is 0.332 e. The number of oxime groups is 1. The van der Waals surface area contributed by atoms with Gasteiger partial charge in [-0.3, -0.25) is 10.1 Å². The summed E-state index contributed by atoms with van der Waals surface area (Å²) < 4.78 is 2.11. The normalized spacial score (nSPS) is 11.7. The van der Waals surface area contributed by atoms with Gasteiger partial charge in [0.15, 0.2) is 0 Å². The van der Waals surface area contributed by atoms with E-state index in [-0.39, 0.29) is 5.69 Å². The van der Waals surface area contributed by atoms with E-state index in [4.69, 9.17) is 4.84 Å². The summed E-state index contributed by atoms with van der Waals surface area (Å²) in [6.07, 6.45) is 0. The third-order valence-corrected chi connectivity index (χ3v) is 4.96. The number of hydrogen-bond acceptors (Lipinski definition) is 5. The second-order valence-electron chi connectivity index (χ2n) is 6.82. The Morgan fingerprint density at radius 2 is 1.67 bits per heavy atom. The molecule has 0 spiro atoms. The molecule has 30 heavy (non-hydrogen) atoms. The monoisotopic (exact) mass is 401 g/mol. The minimum atomic E-state index is -0.511. The van der Waals surface area contributed by atoms with Crippen LogP contribution in [0, 0.1) is 10.1 Å². The predicted octanol–water partition coefficient (Wildman–Crippen LogP) is 5.04. The van der Waals surface area contributed by atoms with Crippen LogP contribution in [0.2, 0.25) is 0 Å². The van der Waals surface area contributed by atoms with Crippen LogP contribution in [0.4, 0.5) is 5.69 Å². The first-order valence-corrected chi connectivity index (χ1v) is 9.51. The van der Waals surface area contributed by atoms with Gasteiger partial charge in [-0.05, 0) is 25.1 Å². The number of benzene rings is 3. The van der Waals surface area contributed by atoms with Crippen molar-refractivity contribution in [2.45, 2.75) is 20.4 Å². The fourth-order valence-corrected chi connectivity index (χ4v) is 3.67. The van der Waals surface area contributed by atoms with Gasteiger partial charge in [-0.15, -0.1) is 0 Å². The lowest BCUT2D eigenvalue weighted by molar-refractivity contribution is -0.384. The molecule has 0 fully saturated rings. The topological polar surface area (TPSA) is 86.7 Å². The quantitative estimate of drug-likeness (QED) is 0.203. The highest BCUT2D eigenvalue weighted by atomic mass is 16.7. The van der Waals surface area contributed by atoms with Gasteiger partial charge in [0.25, 0.3) is 5.69 Å². The highest BCUT2D eigenvalue weighted by Crippen LogP contribution is 2.33. The average Bonchev–Trinajstić information content (AvgIpc) is 3.06. The molecule has 0 saturated heterocycles. The molecule has 4 aromatic rings. The molecule has 1 aromatic heterocycles. The van der Waals surface area contributed by atoms with E-state index >= 15 is 0 Å². The minimum absolute atomic E-state index is 0.0416. The number of non-ortho nitro benzene ring substituents is 1. The number of aryl methyl sites for hydroxylation is 1. The molecule has 0 unspecified atom stereocenters. The van der Waals surface area contributed by atoms with E-state index in [1.165, 1.54) is 13.0 Å². The number of carbonyl (C=O) groups is 1. The van der Waals surface area contributed by atoms with Crippen LogP contribution in [0.1, 0.15) is 25.0 Å². The molecule has 0 amide bonds. The number of hydrogen-bond donors (Lipinski definition) is 0. The summed E-state index contributed by atoms with van der Waals surface area (Å²) >= 11 is 0. The van der Waals surface area contributed by atoms with E-state index in [9.17, 15) is 14.9 Å². The lowest BCUT2D eigenvalue weighted by atomic mass is 10.0. The van der Waals surface area contributed by atoms with Crippen molar-refractivity contribution in [3.05, 3.63) is 88.0 Å². The van der Waals surface area contributed by atoms with Crippen molar-refractivity contribution in [3.63, 3.8) is 0 Å². The first kappa shape index (κ1) is 19.3. The zero-order valence-electron chi connectivity index (χ0n) is 16.5. The van der Waals surface area contributed by atoms with E-state index in [1.54, 1.807) is 12.1 Å². The Morgan fingerprint density at radius 1 is 1.00 bits per heavy atom. The van der Waals surface area contributed by atoms with Crippen molar-refractivity contribution in [2.24, 2.45) is 5.16 Å². The molecule has 3 aromatic carbocycles. The van der Waals surface area contributed by atoms with E-state index in [0.29, 0.717) is 5.71 Å². The summed E-state index contributed by atoms with van der Waals surface area (Å²) in [5.41, 5.74) is 3.99. The number of nitrogens with zero attached hydrogens (tertiary/aromatic N) is 3. The first-order valence-electron chi connectivity index (χ1n) is 9.51. The van der Waals surface area contributed by atoms with Gasteiger partial charge in [-0.1, -0.05) is 41.6 Å². The number of fused-ring (bicyclic) bond motifs is 3. The van der Waals surface area contributed by atoms with Crippen LogP contribution in [0.3, 0.4) is 0 Å². The Hall–Kier alpha value is -4.00. The first-order chi connectivity index (χ1) is 14.5. The van der Waals surface area contributed by atoms with Crippen molar-refractivity contribution in [3.8, 4) is 0 Å². The second kappa shape index (κ2) is 7.79. The van der Waals surface area contributed by atoms with Crippen molar-refractivity contribution >= 4 is 39.2 Å². The molecule has 150 valence electrons. The minimum Gasteiger partial charge on any atom is -0.341 e. The van der Waals surface area contributed by atoms with Gasteiger partial charge in [0.2, 0.25) is 0 Å². The molecule has 0 bridgehead atoms. The zero-order chi connectivity index (χ0) is 21.3. The Balaban J connectivity index is 1.98. The maximum absolute atomic E-state index is 11.3. The molecule has 0 aliphatic rings. The van der Waals surface area contributed by atoms with Gasteiger partial charge in [-0.25, -0.2) is 4.79 Å². The molecule has 4 rings (SSSR count). The van der Waals surface area contributed by atoms with E-state index in [1.807, 2.05) is 55.5 Å². The van der Waals surface area contributed by atoms with Crippen LogP contribution in [-0.2, 0) is 16.2 Å². The number of nitro benzene ring substituents is 1. The van der Waals surface area contributed by atoms with Gasteiger partial charge in [0.1, 0.15) is 5.71 Å². The van der Waals surface area contributed by atoms with Crippen LogP contribution in [0.5, 0.6) is 0 Å². The molecule has 1 heterocycles. The SMILES string of the molecule is CCn1c2ccc(/C(=N\OC(C)=O)c3ccccc3)cc2c2cc([N+](=O)[O-])ccc21. The van der Waals surface area contributed by atoms with Gasteiger partial charge >= 0.3 is 5.97 Å². The summed E-state index contributed by atoms with van der Waals surface area (Å²) in [6, 6.07) is 20.1. The molecule has 0 N–H and O–H groups in total. The van der Waals surface area contributed by atoms with E-state index < -0.39 is 10.9 Å². The number of rotatable bonds is 5. The second-order valence-corrected chi connectivity index (χ2v) is 6.82. The highest BCUT2D eigenvalue weighted by Gasteiger charge is 2.16. The molecule has 0 aliphatic carbocycles. The molecule has 0 atom stereocenters.